The van der Waals surface area contributed by atoms with Gasteiger partial charge >= 0.3 is 12.1 Å². The van der Waals surface area contributed by atoms with Gasteiger partial charge < -0.3 is 15.3 Å². The van der Waals surface area contributed by atoms with Crippen molar-refractivity contribution in [1.29, 1.82) is 0 Å². The maximum absolute atomic E-state index is 11.4. The first kappa shape index (κ1) is 33.5. The summed E-state index contributed by atoms with van der Waals surface area (Å²) in [5.74, 6) is -1.81. The van der Waals surface area contributed by atoms with E-state index in [0.717, 1.165) is 36.9 Å². The van der Waals surface area contributed by atoms with Crippen molar-refractivity contribution in [2.24, 2.45) is 5.92 Å². The number of aliphatic carboxylic acids is 1. The second-order valence-electron chi connectivity index (χ2n) is 11.3. The topological polar surface area (TPSA) is 102 Å². The minimum atomic E-state index is -5.08. The van der Waals surface area contributed by atoms with Crippen molar-refractivity contribution in [2.75, 3.05) is 26.2 Å². The number of hydrogen-bond acceptors (Lipinski definition) is 5. The van der Waals surface area contributed by atoms with Crippen LogP contribution in [0.25, 0.3) is 11.1 Å². The van der Waals surface area contributed by atoms with Crippen molar-refractivity contribution in [3.63, 3.8) is 0 Å². The van der Waals surface area contributed by atoms with Crippen LogP contribution in [0.4, 0.5) is 13.2 Å². The van der Waals surface area contributed by atoms with Crippen molar-refractivity contribution in [3.05, 3.63) is 94.5 Å². The summed E-state index contributed by atoms with van der Waals surface area (Å²) < 4.78 is 31.7. The molecule has 1 saturated heterocycles. The number of halogens is 4. The lowest BCUT2D eigenvalue weighted by molar-refractivity contribution is -0.192. The Bertz CT molecular complexity index is 1360. The molecule has 7 nitrogen and oxygen atoms in total. The maximum atomic E-state index is 11.4. The number of likely N-dealkylation sites (tertiary alicyclic amines) is 1. The van der Waals surface area contributed by atoms with Gasteiger partial charge in [-0.1, -0.05) is 60.1 Å². The Labute approximate surface area is 260 Å². The smallest absolute Gasteiger partial charge is 0.475 e. The first-order valence-corrected chi connectivity index (χ1v) is 15.1. The van der Waals surface area contributed by atoms with E-state index in [9.17, 15) is 18.0 Å². The molecule has 1 saturated carbocycles. The van der Waals surface area contributed by atoms with Crippen LogP contribution >= 0.6 is 11.6 Å². The summed E-state index contributed by atoms with van der Waals surface area (Å²) in [5.41, 5.74) is 7.26. The molecule has 5 rings (SSSR count). The maximum Gasteiger partial charge on any atom is 0.490 e. The van der Waals surface area contributed by atoms with Crippen LogP contribution in [-0.2, 0) is 11.2 Å². The molecular weight excluding hydrogens is 595 g/mol. The van der Waals surface area contributed by atoms with Gasteiger partial charge in [-0.3, -0.25) is 10.0 Å². The molecule has 2 fully saturated rings. The van der Waals surface area contributed by atoms with Crippen LogP contribution in [0.3, 0.4) is 0 Å². The van der Waals surface area contributed by atoms with E-state index >= 15 is 0 Å². The number of rotatable bonds is 10. The van der Waals surface area contributed by atoms with Gasteiger partial charge in [-0.05, 0) is 111 Å². The fraction of sp³-hybridized carbons (Fsp3) is 0.394. The molecule has 3 aromatic carbocycles. The highest BCUT2D eigenvalue weighted by Crippen LogP contribution is 2.41. The minimum Gasteiger partial charge on any atom is -0.475 e. The number of amides is 1. The van der Waals surface area contributed by atoms with Gasteiger partial charge in [-0.2, -0.15) is 13.2 Å². The highest BCUT2D eigenvalue weighted by Gasteiger charge is 2.39. The number of hydroxylamine groups is 1. The summed E-state index contributed by atoms with van der Waals surface area (Å²) in [6, 6.07) is 25.2. The number of aryl methyl sites for hydroxylation is 1. The van der Waals surface area contributed by atoms with E-state index < -0.39 is 18.1 Å². The fourth-order valence-corrected chi connectivity index (χ4v) is 5.61. The highest BCUT2D eigenvalue weighted by atomic mass is 35.5. The van der Waals surface area contributed by atoms with Crippen LogP contribution in [0.2, 0.25) is 5.02 Å². The number of carboxylic acid groups (broad SMARTS) is 1. The average Bonchev–Trinajstić information content (AvgIpc) is 3.81. The molecule has 0 spiro atoms. The fourth-order valence-electron chi connectivity index (χ4n) is 5.48. The van der Waals surface area contributed by atoms with Crippen LogP contribution in [0.15, 0.2) is 72.8 Å². The lowest BCUT2D eigenvalue weighted by atomic mass is 9.96. The largest absolute Gasteiger partial charge is 0.490 e. The average molecular weight is 632 g/mol. The Morgan fingerprint density at radius 2 is 1.48 bits per heavy atom. The number of carbonyl (C=O) groups is 2. The molecule has 44 heavy (non-hydrogen) atoms. The minimum absolute atomic E-state index is 0.468. The molecule has 1 aliphatic heterocycles. The van der Waals surface area contributed by atoms with Crippen molar-refractivity contribution in [1.82, 2.24) is 15.7 Å². The monoisotopic (exact) mass is 631 g/mol. The quantitative estimate of drug-likeness (QED) is 0.150. The SMILES string of the molecule is O=C(NO)c1ccc(CCCN2CCC(CNC3CC3c3ccc(-c4ccc(Cl)cc4)cc3)CC2)cc1.O=C(O)C(F)(F)F. The van der Waals surface area contributed by atoms with Crippen molar-refractivity contribution in [2.45, 2.75) is 50.2 Å². The third-order valence-corrected chi connectivity index (χ3v) is 8.43. The van der Waals surface area contributed by atoms with Gasteiger partial charge in [0.2, 0.25) is 0 Å². The van der Waals surface area contributed by atoms with Crippen LogP contribution in [0.1, 0.15) is 53.1 Å². The first-order valence-electron chi connectivity index (χ1n) is 14.7. The van der Waals surface area contributed by atoms with Crippen molar-refractivity contribution < 1.29 is 33.1 Å². The molecule has 3 aromatic rings. The van der Waals surface area contributed by atoms with Gasteiger partial charge in [-0.15, -0.1) is 0 Å². The van der Waals surface area contributed by atoms with E-state index in [1.807, 2.05) is 24.3 Å². The van der Waals surface area contributed by atoms with Crippen LogP contribution in [0, 0.1) is 5.92 Å². The van der Waals surface area contributed by atoms with Crippen molar-refractivity contribution in [3.8, 4) is 11.1 Å². The normalized spacial score (nSPS) is 18.7. The third kappa shape index (κ3) is 10.1. The predicted octanol–water partition coefficient (Wildman–Crippen LogP) is 6.55. The molecule has 11 heteroatoms. The molecule has 4 N–H and O–H groups in total. The molecule has 0 bridgehead atoms. The highest BCUT2D eigenvalue weighted by molar-refractivity contribution is 6.30. The van der Waals surface area contributed by atoms with Gasteiger partial charge in [0, 0.05) is 22.5 Å². The van der Waals surface area contributed by atoms with Crippen LogP contribution in [0.5, 0.6) is 0 Å². The zero-order valence-corrected chi connectivity index (χ0v) is 25.0. The second kappa shape index (κ2) is 15.5. The summed E-state index contributed by atoms with van der Waals surface area (Å²) in [5, 5.41) is 20.5. The Morgan fingerprint density at radius 1 is 0.909 bits per heavy atom. The van der Waals surface area contributed by atoms with Crippen LogP contribution < -0.4 is 10.8 Å². The number of carboxylic acids is 1. The Balaban J connectivity index is 0.000000566. The number of carbonyl (C=O) groups excluding carboxylic acids is 1. The van der Waals surface area contributed by atoms with Gasteiger partial charge in [0.15, 0.2) is 0 Å². The molecule has 1 aliphatic carbocycles. The Morgan fingerprint density at radius 3 is 2.02 bits per heavy atom. The lowest BCUT2D eigenvalue weighted by Gasteiger charge is -2.32. The predicted molar refractivity (Wildman–Crippen MR) is 163 cm³/mol. The first-order chi connectivity index (χ1) is 21.0. The summed E-state index contributed by atoms with van der Waals surface area (Å²) in [4.78, 5) is 22.9. The van der Waals surface area contributed by atoms with Gasteiger partial charge in [0.05, 0.1) is 0 Å². The molecule has 1 amide bonds. The molecule has 2 aliphatic rings. The van der Waals surface area contributed by atoms with E-state index in [0.29, 0.717) is 17.5 Å². The number of piperidine rings is 1. The summed E-state index contributed by atoms with van der Waals surface area (Å²) in [7, 11) is 0. The second-order valence-corrected chi connectivity index (χ2v) is 11.8. The van der Waals surface area contributed by atoms with Crippen LogP contribution in [-0.4, -0.2) is 65.5 Å². The summed E-state index contributed by atoms with van der Waals surface area (Å²) >= 11 is 6.02. The zero-order valence-electron chi connectivity index (χ0n) is 24.2. The van der Waals surface area contributed by atoms with E-state index in [-0.39, 0.29) is 0 Å². The standard InChI is InChI=1S/C31H36ClN3O2.C2HF3O2/c32-28-13-11-25(12-14-28)24-7-9-26(10-8-24)29-20-30(29)33-21-23-15-18-35(19-16-23)17-1-2-22-3-5-27(6-4-22)31(36)34-37;3-2(4,5)1(6)7/h3-14,23,29-30,33,37H,1-2,15-21H2,(H,34,36);(H,6,7). The number of alkyl halides is 3. The van der Waals surface area contributed by atoms with Gasteiger partial charge in [-0.25, -0.2) is 10.3 Å². The van der Waals surface area contributed by atoms with E-state index in [1.165, 1.54) is 54.6 Å². The number of hydrogen-bond donors (Lipinski definition) is 4. The number of nitrogens with zero attached hydrogens (tertiary/aromatic N) is 1. The Kier molecular flexibility index (Phi) is 11.8. The summed E-state index contributed by atoms with van der Waals surface area (Å²) in [6.07, 6.45) is 0.822. The molecule has 2 atom stereocenters. The van der Waals surface area contributed by atoms with E-state index in [1.54, 1.807) is 17.6 Å². The summed E-state index contributed by atoms with van der Waals surface area (Å²) in [6.45, 7) is 4.62. The van der Waals surface area contributed by atoms with Gasteiger partial charge in [0.25, 0.3) is 5.91 Å². The molecule has 0 aromatic heterocycles. The number of nitrogens with one attached hydrogen (secondary N) is 2. The lowest BCUT2D eigenvalue weighted by Crippen LogP contribution is -2.38. The molecule has 2 unspecified atom stereocenters. The Hall–Kier alpha value is -3.44. The zero-order chi connectivity index (χ0) is 31.7. The van der Waals surface area contributed by atoms with E-state index in [4.69, 9.17) is 26.7 Å². The van der Waals surface area contributed by atoms with Gasteiger partial charge in [0.1, 0.15) is 0 Å². The third-order valence-electron chi connectivity index (χ3n) is 8.18. The van der Waals surface area contributed by atoms with E-state index in [2.05, 4.69) is 46.6 Å². The molecule has 0 radical (unpaired) electrons. The molecule has 236 valence electrons. The molecule has 1 heterocycles. The van der Waals surface area contributed by atoms with Crippen molar-refractivity contribution >= 4 is 23.5 Å². The number of benzene rings is 3. The molecular formula is C33H37ClF3N3O4.